The number of ether oxygens (including phenoxy) is 1. The molecule has 0 saturated carbocycles. The molecule has 2 aromatic carbocycles. The summed E-state index contributed by atoms with van der Waals surface area (Å²) in [5.74, 6) is 0.378. The Kier molecular flexibility index (Phi) is 8.96. The molecule has 2 aromatic rings. The van der Waals surface area contributed by atoms with Crippen molar-refractivity contribution in [3.8, 4) is 5.75 Å². The van der Waals surface area contributed by atoms with Gasteiger partial charge in [-0.05, 0) is 42.2 Å². The first-order valence-corrected chi connectivity index (χ1v) is 9.75. The van der Waals surface area contributed by atoms with Crippen LogP contribution in [0, 0.1) is 0 Å². The second-order valence-corrected chi connectivity index (χ2v) is 6.77. The molecule has 1 aliphatic heterocycles. The largest absolute Gasteiger partial charge is 0.493 e. The van der Waals surface area contributed by atoms with E-state index in [2.05, 4.69) is 34.1 Å². The maximum atomic E-state index is 12.3. The number of nitrogens with one attached hydrogen (secondary N) is 3. The van der Waals surface area contributed by atoms with Crippen molar-refractivity contribution >= 4 is 24.2 Å². The minimum Gasteiger partial charge on any atom is -0.493 e. The minimum atomic E-state index is -0.184. The first kappa shape index (κ1) is 22.7. The number of carbonyl (C=O) groups excluding carboxylic acids is 2. The van der Waals surface area contributed by atoms with E-state index in [1.54, 1.807) is 18.2 Å². The highest BCUT2D eigenvalue weighted by molar-refractivity contribution is 5.96. The van der Waals surface area contributed by atoms with Crippen molar-refractivity contribution in [2.45, 2.75) is 39.4 Å². The summed E-state index contributed by atoms with van der Waals surface area (Å²) < 4.78 is 5.48. The van der Waals surface area contributed by atoms with E-state index in [0.29, 0.717) is 43.9 Å². The molecule has 7 heteroatoms. The van der Waals surface area contributed by atoms with Crippen molar-refractivity contribution in [2.24, 2.45) is 0 Å². The smallest absolute Gasteiger partial charge is 0.255 e. The van der Waals surface area contributed by atoms with Gasteiger partial charge >= 0.3 is 0 Å². The highest BCUT2D eigenvalue weighted by atomic mass is 35.5. The highest BCUT2D eigenvalue weighted by Crippen LogP contribution is 2.18. The molecule has 3 N–H and O–H groups in total. The van der Waals surface area contributed by atoms with E-state index in [9.17, 15) is 9.59 Å². The first-order valence-electron chi connectivity index (χ1n) is 9.75. The molecule has 0 aliphatic carbocycles. The van der Waals surface area contributed by atoms with E-state index >= 15 is 0 Å². The van der Waals surface area contributed by atoms with Crippen LogP contribution in [0.15, 0.2) is 42.5 Å². The second kappa shape index (κ2) is 11.4. The predicted molar refractivity (Wildman–Crippen MR) is 115 cm³/mol. The number of fused-ring (bicyclic) bond motifs is 1. The molecule has 0 radical (unpaired) electrons. The van der Waals surface area contributed by atoms with Crippen LogP contribution in [-0.2, 0) is 24.4 Å². The molecule has 6 nitrogen and oxygen atoms in total. The van der Waals surface area contributed by atoms with Crippen molar-refractivity contribution < 1.29 is 14.3 Å². The summed E-state index contributed by atoms with van der Waals surface area (Å²) in [6.07, 6.45) is 0.961. The fraction of sp³-hybridized carbons (Fsp3) is 0.364. The minimum absolute atomic E-state index is 0. The number of hydrogen-bond donors (Lipinski definition) is 3. The zero-order valence-corrected chi connectivity index (χ0v) is 17.4. The van der Waals surface area contributed by atoms with Gasteiger partial charge in [0.2, 0.25) is 5.91 Å². The second-order valence-electron chi connectivity index (χ2n) is 6.77. The third-order valence-electron chi connectivity index (χ3n) is 4.69. The van der Waals surface area contributed by atoms with Crippen LogP contribution in [0.1, 0.15) is 46.8 Å². The average Bonchev–Trinajstić information content (AvgIpc) is 3.18. The van der Waals surface area contributed by atoms with Gasteiger partial charge in [-0.15, -0.1) is 12.4 Å². The number of hydrogen-bond acceptors (Lipinski definition) is 4. The van der Waals surface area contributed by atoms with Gasteiger partial charge in [0, 0.05) is 32.6 Å². The summed E-state index contributed by atoms with van der Waals surface area (Å²) in [5.41, 5.74) is 4.26. The van der Waals surface area contributed by atoms with Crippen molar-refractivity contribution in [3.05, 3.63) is 64.7 Å². The maximum absolute atomic E-state index is 12.3. The lowest BCUT2D eigenvalue weighted by Gasteiger charge is -2.10. The average molecular weight is 418 g/mol. The molecule has 0 fully saturated rings. The normalized spacial score (nSPS) is 11.9. The number of rotatable bonds is 9. The van der Waals surface area contributed by atoms with Crippen LogP contribution in [0.3, 0.4) is 0 Å². The van der Waals surface area contributed by atoms with Crippen molar-refractivity contribution in [3.63, 3.8) is 0 Å². The van der Waals surface area contributed by atoms with Crippen LogP contribution in [0.25, 0.3) is 0 Å². The van der Waals surface area contributed by atoms with Crippen LogP contribution in [-0.4, -0.2) is 25.0 Å². The van der Waals surface area contributed by atoms with E-state index in [-0.39, 0.29) is 24.2 Å². The summed E-state index contributed by atoms with van der Waals surface area (Å²) in [6.45, 7) is 5.17. The van der Waals surface area contributed by atoms with E-state index < -0.39 is 0 Å². The van der Waals surface area contributed by atoms with Gasteiger partial charge in [0.1, 0.15) is 5.75 Å². The van der Waals surface area contributed by atoms with Gasteiger partial charge in [0.15, 0.2) is 0 Å². The number of carbonyl (C=O) groups is 2. The van der Waals surface area contributed by atoms with E-state index in [0.717, 1.165) is 18.7 Å². The van der Waals surface area contributed by atoms with E-state index in [4.69, 9.17) is 4.74 Å². The van der Waals surface area contributed by atoms with Crippen LogP contribution in [0.5, 0.6) is 5.75 Å². The molecule has 3 rings (SSSR count). The lowest BCUT2D eigenvalue weighted by molar-refractivity contribution is -0.121. The molecule has 0 aromatic heterocycles. The molecule has 0 bridgehead atoms. The summed E-state index contributed by atoms with van der Waals surface area (Å²) in [6, 6.07) is 13.5. The topological polar surface area (TPSA) is 79.5 Å². The molecule has 1 aliphatic rings. The molecule has 2 amide bonds. The Balaban J connectivity index is 0.00000300. The molecule has 29 heavy (non-hydrogen) atoms. The summed E-state index contributed by atoms with van der Waals surface area (Å²) in [4.78, 5) is 24.3. The third kappa shape index (κ3) is 6.48. The summed E-state index contributed by atoms with van der Waals surface area (Å²) >= 11 is 0. The van der Waals surface area contributed by atoms with Crippen molar-refractivity contribution in [1.29, 1.82) is 0 Å². The van der Waals surface area contributed by atoms with Gasteiger partial charge in [-0.25, -0.2) is 0 Å². The molecular weight excluding hydrogens is 390 g/mol. The highest BCUT2D eigenvalue weighted by Gasteiger charge is 2.12. The quantitative estimate of drug-likeness (QED) is 0.548. The fourth-order valence-electron chi connectivity index (χ4n) is 3.23. The lowest BCUT2D eigenvalue weighted by Crippen LogP contribution is -2.27. The lowest BCUT2D eigenvalue weighted by atomic mass is 10.1. The molecule has 1 heterocycles. The molecule has 0 spiro atoms. The zero-order valence-electron chi connectivity index (χ0n) is 16.6. The SMILES string of the molecule is CCOc1ccccc1C(=O)NCCCC(=O)NCc1ccc2c(c1)CNC2.Cl. The first-order chi connectivity index (χ1) is 13.7. The number of halogens is 1. The van der Waals surface area contributed by atoms with Crippen LogP contribution in [0.4, 0.5) is 0 Å². The van der Waals surface area contributed by atoms with Gasteiger partial charge in [0.25, 0.3) is 5.91 Å². The molecule has 0 atom stereocenters. The summed E-state index contributed by atoms with van der Waals surface area (Å²) in [5, 5.41) is 9.11. The maximum Gasteiger partial charge on any atom is 0.255 e. The Morgan fingerprint density at radius 3 is 2.69 bits per heavy atom. The Hall–Kier alpha value is -2.57. The monoisotopic (exact) mass is 417 g/mol. The molecular formula is C22H28ClN3O3. The standard InChI is InChI=1S/C22H27N3O3.ClH/c1-2-28-20-7-4-3-6-19(20)22(27)24-11-5-8-21(26)25-13-16-9-10-17-14-23-15-18(17)12-16;/h3-4,6-7,9-10,12,23H,2,5,8,11,13-15H2,1H3,(H,24,27)(H,25,26);1H. The van der Waals surface area contributed by atoms with Gasteiger partial charge in [-0.2, -0.15) is 0 Å². The Bertz CT molecular complexity index is 842. The summed E-state index contributed by atoms with van der Waals surface area (Å²) in [7, 11) is 0. The fourth-order valence-corrected chi connectivity index (χ4v) is 3.23. The van der Waals surface area contributed by atoms with Crippen LogP contribution < -0.4 is 20.7 Å². The van der Waals surface area contributed by atoms with E-state index in [1.165, 1.54) is 11.1 Å². The van der Waals surface area contributed by atoms with Gasteiger partial charge in [-0.3, -0.25) is 9.59 Å². The third-order valence-corrected chi connectivity index (χ3v) is 4.69. The molecule has 0 unspecified atom stereocenters. The molecule has 0 saturated heterocycles. The van der Waals surface area contributed by atoms with Crippen molar-refractivity contribution in [1.82, 2.24) is 16.0 Å². The predicted octanol–water partition coefficient (Wildman–Crippen LogP) is 2.94. The molecule has 156 valence electrons. The van der Waals surface area contributed by atoms with E-state index in [1.807, 2.05) is 13.0 Å². The Morgan fingerprint density at radius 2 is 1.86 bits per heavy atom. The number of para-hydroxylation sites is 1. The zero-order chi connectivity index (χ0) is 19.8. The van der Waals surface area contributed by atoms with Gasteiger partial charge < -0.3 is 20.7 Å². The Morgan fingerprint density at radius 1 is 1.07 bits per heavy atom. The van der Waals surface area contributed by atoms with Crippen LogP contribution in [0.2, 0.25) is 0 Å². The van der Waals surface area contributed by atoms with Crippen molar-refractivity contribution in [2.75, 3.05) is 13.2 Å². The van der Waals surface area contributed by atoms with Crippen LogP contribution >= 0.6 is 12.4 Å². The Labute approximate surface area is 177 Å². The number of benzene rings is 2. The number of amides is 2. The van der Waals surface area contributed by atoms with Gasteiger partial charge in [0.05, 0.1) is 12.2 Å². The van der Waals surface area contributed by atoms with Gasteiger partial charge in [-0.1, -0.05) is 30.3 Å².